The van der Waals surface area contributed by atoms with Crippen LogP contribution in [0.25, 0.3) is 10.8 Å². The summed E-state index contributed by atoms with van der Waals surface area (Å²) in [7, 11) is 0. The average molecular weight is 444 g/mol. The summed E-state index contributed by atoms with van der Waals surface area (Å²) >= 11 is 0. The number of anilines is 2. The normalized spacial score (nSPS) is 14.9. The van der Waals surface area contributed by atoms with E-state index < -0.39 is 29.8 Å². The highest BCUT2D eigenvalue weighted by Gasteiger charge is 2.30. The predicted octanol–water partition coefficient (Wildman–Crippen LogP) is 4.43. The Balaban J connectivity index is 1.63. The van der Waals surface area contributed by atoms with Crippen molar-refractivity contribution in [3.8, 4) is 0 Å². The first-order valence-electron chi connectivity index (χ1n) is 10.5. The molecule has 168 valence electrons. The van der Waals surface area contributed by atoms with Crippen LogP contribution >= 0.6 is 0 Å². The number of aromatic nitrogens is 2. The van der Waals surface area contributed by atoms with E-state index in [0.717, 1.165) is 61.0 Å². The Morgan fingerprint density at radius 2 is 1.66 bits per heavy atom. The van der Waals surface area contributed by atoms with Gasteiger partial charge in [-0.1, -0.05) is 37.1 Å². The Labute approximate surface area is 182 Å². The van der Waals surface area contributed by atoms with Crippen molar-refractivity contribution in [2.24, 2.45) is 0 Å². The number of nitrogens with one attached hydrogen (secondary N) is 1. The lowest BCUT2D eigenvalue weighted by molar-refractivity contribution is -0.137. The van der Waals surface area contributed by atoms with E-state index in [-0.39, 0.29) is 5.69 Å². The zero-order chi connectivity index (χ0) is 22.7. The summed E-state index contributed by atoms with van der Waals surface area (Å²) in [6, 6.07) is 11.5. The quantitative estimate of drug-likeness (QED) is 0.646. The number of carbonyl (C=O) groups is 1. The van der Waals surface area contributed by atoms with Crippen LogP contribution in [0, 0.1) is 0 Å². The second-order valence-electron chi connectivity index (χ2n) is 7.86. The minimum Gasteiger partial charge on any atom is -0.355 e. The van der Waals surface area contributed by atoms with Crippen LogP contribution in [0.15, 0.2) is 53.3 Å². The number of carbonyl (C=O) groups excluding carboxylic acids is 1. The van der Waals surface area contributed by atoms with Crippen molar-refractivity contribution in [1.29, 1.82) is 0 Å². The zero-order valence-electron chi connectivity index (χ0n) is 17.4. The van der Waals surface area contributed by atoms with Crippen molar-refractivity contribution in [2.45, 2.75) is 38.4 Å². The lowest BCUT2D eigenvalue weighted by Gasteiger charge is -2.23. The molecular formula is C23H23F3N4O2. The smallest absolute Gasteiger partial charge is 0.355 e. The first-order valence-corrected chi connectivity index (χ1v) is 10.5. The number of fused-ring (bicyclic) bond motifs is 1. The van der Waals surface area contributed by atoms with E-state index in [1.807, 2.05) is 12.1 Å². The number of alkyl halides is 3. The lowest BCUT2D eigenvalue weighted by Crippen LogP contribution is -2.33. The fraction of sp³-hybridized carbons (Fsp3) is 0.348. The van der Waals surface area contributed by atoms with Crippen LogP contribution in [0.1, 0.15) is 31.2 Å². The van der Waals surface area contributed by atoms with Gasteiger partial charge < -0.3 is 10.2 Å². The highest BCUT2D eigenvalue weighted by Crippen LogP contribution is 2.30. The van der Waals surface area contributed by atoms with Gasteiger partial charge >= 0.3 is 6.18 Å². The van der Waals surface area contributed by atoms with Crippen LogP contribution in [-0.2, 0) is 17.5 Å². The van der Waals surface area contributed by atoms with Crippen molar-refractivity contribution < 1.29 is 18.0 Å². The van der Waals surface area contributed by atoms with E-state index in [1.54, 1.807) is 12.1 Å². The molecule has 0 bridgehead atoms. The van der Waals surface area contributed by atoms with E-state index in [0.29, 0.717) is 11.2 Å². The van der Waals surface area contributed by atoms with Crippen molar-refractivity contribution in [2.75, 3.05) is 23.3 Å². The number of halogens is 3. The molecule has 3 aromatic rings. The number of rotatable bonds is 4. The molecule has 1 amide bonds. The second-order valence-corrected chi connectivity index (χ2v) is 7.86. The summed E-state index contributed by atoms with van der Waals surface area (Å²) in [5.74, 6) is 0.0185. The molecule has 0 spiro atoms. The fourth-order valence-electron chi connectivity index (χ4n) is 3.95. The Morgan fingerprint density at radius 3 is 2.34 bits per heavy atom. The molecule has 0 radical (unpaired) electrons. The molecule has 0 saturated carbocycles. The maximum absolute atomic E-state index is 13.0. The van der Waals surface area contributed by atoms with Crippen LogP contribution in [-0.4, -0.2) is 28.8 Å². The second kappa shape index (κ2) is 9.02. The number of hydrogen-bond acceptors (Lipinski definition) is 4. The van der Waals surface area contributed by atoms with Gasteiger partial charge in [0.15, 0.2) is 5.82 Å². The van der Waals surface area contributed by atoms with E-state index in [2.05, 4.69) is 15.3 Å². The first-order chi connectivity index (χ1) is 15.3. The molecule has 32 heavy (non-hydrogen) atoms. The molecule has 1 aliphatic heterocycles. The van der Waals surface area contributed by atoms with Crippen LogP contribution < -0.4 is 15.8 Å². The summed E-state index contributed by atoms with van der Waals surface area (Å²) in [6.45, 7) is 1.22. The molecule has 0 unspecified atom stereocenters. The third kappa shape index (κ3) is 4.76. The van der Waals surface area contributed by atoms with Crippen molar-refractivity contribution >= 4 is 28.2 Å². The fourth-order valence-corrected chi connectivity index (χ4v) is 3.95. The topological polar surface area (TPSA) is 67.2 Å². The number of nitrogens with zero attached hydrogens (tertiary/aromatic N) is 3. The van der Waals surface area contributed by atoms with Crippen molar-refractivity contribution in [3.63, 3.8) is 0 Å². The Kier molecular flexibility index (Phi) is 6.16. The van der Waals surface area contributed by atoms with E-state index in [4.69, 9.17) is 0 Å². The Bertz CT molecular complexity index is 1180. The molecule has 0 aliphatic carbocycles. The lowest BCUT2D eigenvalue weighted by atomic mass is 10.1. The number of hydrogen-bond donors (Lipinski definition) is 1. The van der Waals surface area contributed by atoms with Gasteiger partial charge in [-0.05, 0) is 37.1 Å². The number of amides is 1. The molecule has 1 fully saturated rings. The van der Waals surface area contributed by atoms with Crippen LogP contribution in [0.5, 0.6) is 0 Å². The summed E-state index contributed by atoms with van der Waals surface area (Å²) in [6.07, 6.45) is -0.211. The van der Waals surface area contributed by atoms with Crippen LogP contribution in [0.4, 0.5) is 24.7 Å². The van der Waals surface area contributed by atoms with Gasteiger partial charge in [0, 0.05) is 24.2 Å². The minimum atomic E-state index is -4.51. The van der Waals surface area contributed by atoms with Gasteiger partial charge in [-0.3, -0.25) is 9.59 Å². The minimum absolute atomic E-state index is 0.00593. The van der Waals surface area contributed by atoms with Gasteiger partial charge in [-0.15, -0.1) is 0 Å². The molecule has 0 atom stereocenters. The molecule has 2 heterocycles. The molecule has 1 aromatic heterocycles. The Morgan fingerprint density at radius 1 is 0.969 bits per heavy atom. The molecule has 9 heteroatoms. The first kappa shape index (κ1) is 21.9. The van der Waals surface area contributed by atoms with Crippen LogP contribution in [0.2, 0.25) is 0 Å². The van der Waals surface area contributed by atoms with Crippen LogP contribution in [0.3, 0.4) is 0 Å². The third-order valence-corrected chi connectivity index (χ3v) is 5.52. The van der Waals surface area contributed by atoms with Gasteiger partial charge in [0.1, 0.15) is 6.54 Å². The van der Waals surface area contributed by atoms with Gasteiger partial charge in [-0.25, -0.2) is 4.68 Å². The van der Waals surface area contributed by atoms with Crippen molar-refractivity contribution in [1.82, 2.24) is 9.78 Å². The highest BCUT2D eigenvalue weighted by molar-refractivity contribution is 5.93. The van der Waals surface area contributed by atoms with E-state index >= 15 is 0 Å². The molecule has 4 rings (SSSR count). The largest absolute Gasteiger partial charge is 0.416 e. The van der Waals surface area contributed by atoms with E-state index in [9.17, 15) is 22.8 Å². The van der Waals surface area contributed by atoms with Crippen molar-refractivity contribution in [3.05, 3.63) is 64.4 Å². The van der Waals surface area contributed by atoms with Gasteiger partial charge in [-0.2, -0.15) is 18.3 Å². The summed E-state index contributed by atoms with van der Waals surface area (Å²) < 4.78 is 39.9. The van der Waals surface area contributed by atoms with Gasteiger partial charge in [0.25, 0.3) is 5.56 Å². The third-order valence-electron chi connectivity index (χ3n) is 5.52. The molecule has 6 nitrogen and oxygen atoms in total. The molecule has 1 aliphatic rings. The predicted molar refractivity (Wildman–Crippen MR) is 117 cm³/mol. The summed E-state index contributed by atoms with van der Waals surface area (Å²) in [5, 5.41) is 8.11. The monoisotopic (exact) mass is 444 g/mol. The maximum atomic E-state index is 13.0. The molecule has 2 aromatic carbocycles. The average Bonchev–Trinajstić information content (AvgIpc) is 3.05. The van der Waals surface area contributed by atoms with Gasteiger partial charge in [0.2, 0.25) is 5.91 Å². The molecule has 1 N–H and O–H groups in total. The van der Waals surface area contributed by atoms with Gasteiger partial charge in [0.05, 0.1) is 10.9 Å². The Hall–Kier alpha value is -3.36. The zero-order valence-corrected chi connectivity index (χ0v) is 17.4. The number of benzene rings is 2. The maximum Gasteiger partial charge on any atom is 0.416 e. The molecular weight excluding hydrogens is 421 g/mol. The summed E-state index contributed by atoms with van der Waals surface area (Å²) in [4.78, 5) is 27.7. The molecule has 1 saturated heterocycles. The summed E-state index contributed by atoms with van der Waals surface area (Å²) in [5.41, 5.74) is -1.27. The SMILES string of the molecule is O=C(Cn1nc(N2CCCCCC2)c2ccccc2c1=O)Nc1cccc(C(F)(F)F)c1. The van der Waals surface area contributed by atoms with E-state index in [1.165, 1.54) is 12.1 Å². The highest BCUT2D eigenvalue weighted by atomic mass is 19.4. The standard InChI is InChI=1S/C23H23F3N4O2/c24-23(25,26)16-8-7-9-17(14-16)27-20(31)15-30-22(32)19-11-4-3-10-18(19)21(28-30)29-12-5-1-2-6-13-29/h3-4,7-11,14H,1-2,5-6,12-13,15H2,(H,27,31).